The molecule has 0 unspecified atom stereocenters. The maximum absolute atomic E-state index is 11.0. The molecule has 2 aromatic carbocycles. The van der Waals surface area contributed by atoms with Gasteiger partial charge in [-0.1, -0.05) is 28.1 Å². The molecular formula is C15H10BrNO2. The molecule has 0 aliphatic rings. The fourth-order valence-electron chi connectivity index (χ4n) is 2.08. The summed E-state index contributed by atoms with van der Waals surface area (Å²) < 4.78 is 1.02. The largest absolute Gasteiger partial charge is 0.478 e. The van der Waals surface area contributed by atoms with Crippen LogP contribution in [-0.4, -0.2) is 16.1 Å². The number of aromatic carboxylic acids is 1. The molecule has 3 aromatic rings. The Morgan fingerprint density at radius 1 is 1.11 bits per heavy atom. The molecule has 94 valence electrons. The van der Waals surface area contributed by atoms with E-state index in [0.717, 1.165) is 26.6 Å². The molecule has 0 aliphatic carbocycles. The quantitative estimate of drug-likeness (QED) is 0.741. The average molecular weight is 316 g/mol. The lowest BCUT2D eigenvalue weighted by molar-refractivity contribution is 0.0697. The third-order valence-electron chi connectivity index (χ3n) is 3.00. The van der Waals surface area contributed by atoms with Crippen molar-refractivity contribution in [1.29, 1.82) is 0 Å². The lowest BCUT2D eigenvalue weighted by atomic mass is 10.1. The molecule has 0 saturated carbocycles. The number of rotatable bonds is 2. The van der Waals surface area contributed by atoms with E-state index in [2.05, 4.69) is 20.9 Å². The summed E-state index contributed by atoms with van der Waals surface area (Å²) >= 11 is 3.44. The third kappa shape index (κ3) is 2.27. The highest BCUT2D eigenvalue weighted by Crippen LogP contribution is 2.26. The van der Waals surface area contributed by atoms with Crippen molar-refractivity contribution >= 4 is 32.8 Å². The summed E-state index contributed by atoms with van der Waals surface area (Å²) in [7, 11) is 0. The normalized spacial score (nSPS) is 10.8. The highest BCUT2D eigenvalue weighted by molar-refractivity contribution is 9.10. The SMILES string of the molecule is O=C(O)c1cccc(-c2cc3cc(Br)ccc3[nH]2)c1. The molecule has 1 aromatic heterocycles. The highest BCUT2D eigenvalue weighted by Gasteiger charge is 2.07. The molecule has 0 bridgehead atoms. The number of carbonyl (C=O) groups is 1. The molecule has 0 aliphatic heterocycles. The number of hydrogen-bond donors (Lipinski definition) is 2. The maximum atomic E-state index is 11.0. The van der Waals surface area contributed by atoms with Crippen molar-refractivity contribution in [3.8, 4) is 11.3 Å². The van der Waals surface area contributed by atoms with Crippen LogP contribution >= 0.6 is 15.9 Å². The number of carboxylic acids is 1. The molecule has 3 rings (SSSR count). The van der Waals surface area contributed by atoms with Gasteiger partial charge in [-0.2, -0.15) is 0 Å². The van der Waals surface area contributed by atoms with E-state index >= 15 is 0 Å². The Balaban J connectivity index is 2.13. The summed E-state index contributed by atoms with van der Waals surface area (Å²) in [5.41, 5.74) is 3.10. The Labute approximate surface area is 118 Å². The minimum atomic E-state index is -0.916. The number of carboxylic acid groups (broad SMARTS) is 1. The van der Waals surface area contributed by atoms with Crippen molar-refractivity contribution in [3.63, 3.8) is 0 Å². The van der Waals surface area contributed by atoms with Gasteiger partial charge in [0.2, 0.25) is 0 Å². The predicted octanol–water partition coefficient (Wildman–Crippen LogP) is 4.30. The molecule has 0 fully saturated rings. The number of hydrogen-bond acceptors (Lipinski definition) is 1. The Morgan fingerprint density at radius 3 is 2.74 bits per heavy atom. The van der Waals surface area contributed by atoms with Gasteiger partial charge >= 0.3 is 5.97 Å². The number of aromatic nitrogens is 1. The van der Waals surface area contributed by atoms with E-state index < -0.39 is 5.97 Å². The topological polar surface area (TPSA) is 53.1 Å². The van der Waals surface area contributed by atoms with Crippen molar-refractivity contribution in [2.75, 3.05) is 0 Å². The van der Waals surface area contributed by atoms with Crippen LogP contribution in [0.5, 0.6) is 0 Å². The molecule has 0 radical (unpaired) electrons. The lowest BCUT2D eigenvalue weighted by Gasteiger charge is -1.99. The summed E-state index contributed by atoms with van der Waals surface area (Å²) in [4.78, 5) is 14.3. The Kier molecular flexibility index (Phi) is 2.87. The maximum Gasteiger partial charge on any atom is 0.335 e. The summed E-state index contributed by atoms with van der Waals surface area (Å²) in [5, 5.41) is 10.1. The zero-order valence-corrected chi connectivity index (χ0v) is 11.4. The Bertz CT molecular complexity index is 777. The average Bonchev–Trinajstić information content (AvgIpc) is 2.81. The van der Waals surface area contributed by atoms with Crippen molar-refractivity contribution in [3.05, 3.63) is 58.6 Å². The fraction of sp³-hybridized carbons (Fsp3) is 0. The van der Waals surface area contributed by atoms with E-state index in [1.807, 2.05) is 30.3 Å². The number of halogens is 1. The number of benzene rings is 2. The fourth-order valence-corrected chi connectivity index (χ4v) is 2.46. The molecule has 19 heavy (non-hydrogen) atoms. The predicted molar refractivity (Wildman–Crippen MR) is 78.4 cm³/mol. The van der Waals surface area contributed by atoms with Gasteiger partial charge in [0.25, 0.3) is 0 Å². The van der Waals surface area contributed by atoms with Gasteiger partial charge in [0.1, 0.15) is 0 Å². The van der Waals surface area contributed by atoms with Crippen LogP contribution < -0.4 is 0 Å². The van der Waals surface area contributed by atoms with E-state index in [9.17, 15) is 4.79 Å². The van der Waals surface area contributed by atoms with Gasteiger partial charge in [-0.25, -0.2) is 4.79 Å². The lowest BCUT2D eigenvalue weighted by Crippen LogP contribution is -1.95. The summed E-state index contributed by atoms with van der Waals surface area (Å²) in [6.07, 6.45) is 0. The van der Waals surface area contributed by atoms with E-state index in [1.54, 1.807) is 18.2 Å². The first-order valence-corrected chi connectivity index (χ1v) is 6.55. The van der Waals surface area contributed by atoms with E-state index in [-0.39, 0.29) is 5.56 Å². The summed E-state index contributed by atoms with van der Waals surface area (Å²) in [6, 6.07) is 14.9. The molecule has 1 heterocycles. The first-order chi connectivity index (χ1) is 9.13. The van der Waals surface area contributed by atoms with E-state index in [4.69, 9.17) is 5.11 Å². The number of aromatic amines is 1. The zero-order valence-electron chi connectivity index (χ0n) is 9.85. The second-order valence-electron chi connectivity index (χ2n) is 4.30. The third-order valence-corrected chi connectivity index (χ3v) is 3.50. The van der Waals surface area contributed by atoms with Crippen molar-refractivity contribution in [2.45, 2.75) is 0 Å². The van der Waals surface area contributed by atoms with E-state index in [0.29, 0.717) is 0 Å². The van der Waals surface area contributed by atoms with Gasteiger partial charge in [-0.15, -0.1) is 0 Å². The number of nitrogens with one attached hydrogen (secondary N) is 1. The van der Waals surface area contributed by atoms with Crippen LogP contribution in [0.1, 0.15) is 10.4 Å². The standard InChI is InChI=1S/C15H10BrNO2/c16-12-4-5-13-11(7-12)8-14(17-13)9-2-1-3-10(6-9)15(18)19/h1-8,17H,(H,18,19). The molecule has 0 amide bonds. The second kappa shape index (κ2) is 4.55. The van der Waals surface area contributed by atoms with Gasteiger partial charge in [0, 0.05) is 21.1 Å². The van der Waals surface area contributed by atoms with Crippen LogP contribution in [0.15, 0.2) is 53.0 Å². The van der Waals surface area contributed by atoms with Gasteiger partial charge in [-0.05, 0) is 42.0 Å². The van der Waals surface area contributed by atoms with Gasteiger partial charge in [-0.3, -0.25) is 0 Å². The molecule has 0 atom stereocenters. The van der Waals surface area contributed by atoms with Crippen LogP contribution in [0.2, 0.25) is 0 Å². The second-order valence-corrected chi connectivity index (χ2v) is 5.22. The molecule has 2 N–H and O–H groups in total. The Hall–Kier alpha value is -2.07. The van der Waals surface area contributed by atoms with Crippen LogP contribution in [0.3, 0.4) is 0 Å². The molecular weight excluding hydrogens is 306 g/mol. The van der Waals surface area contributed by atoms with Crippen LogP contribution in [0.25, 0.3) is 22.2 Å². The van der Waals surface area contributed by atoms with Crippen LogP contribution in [0, 0.1) is 0 Å². The zero-order chi connectivity index (χ0) is 13.4. The highest BCUT2D eigenvalue weighted by atomic mass is 79.9. The first kappa shape index (κ1) is 12.0. The summed E-state index contributed by atoms with van der Waals surface area (Å²) in [5.74, 6) is -0.916. The number of H-pyrrole nitrogens is 1. The summed E-state index contributed by atoms with van der Waals surface area (Å²) in [6.45, 7) is 0. The first-order valence-electron chi connectivity index (χ1n) is 5.75. The molecule has 0 saturated heterocycles. The monoisotopic (exact) mass is 315 g/mol. The van der Waals surface area contributed by atoms with Crippen molar-refractivity contribution in [2.24, 2.45) is 0 Å². The Morgan fingerprint density at radius 2 is 1.95 bits per heavy atom. The van der Waals surface area contributed by atoms with Gasteiger partial charge in [0.05, 0.1) is 5.56 Å². The minimum absolute atomic E-state index is 0.289. The smallest absolute Gasteiger partial charge is 0.335 e. The number of fused-ring (bicyclic) bond motifs is 1. The van der Waals surface area contributed by atoms with E-state index in [1.165, 1.54) is 0 Å². The van der Waals surface area contributed by atoms with Crippen molar-refractivity contribution < 1.29 is 9.90 Å². The molecule has 4 heteroatoms. The van der Waals surface area contributed by atoms with Gasteiger partial charge in [0.15, 0.2) is 0 Å². The minimum Gasteiger partial charge on any atom is -0.478 e. The molecule has 0 spiro atoms. The van der Waals surface area contributed by atoms with Crippen LogP contribution in [-0.2, 0) is 0 Å². The van der Waals surface area contributed by atoms with Crippen LogP contribution in [0.4, 0.5) is 0 Å². The van der Waals surface area contributed by atoms with Crippen molar-refractivity contribution in [1.82, 2.24) is 4.98 Å². The van der Waals surface area contributed by atoms with Gasteiger partial charge < -0.3 is 10.1 Å². The molecule has 3 nitrogen and oxygen atoms in total.